The second-order valence-corrected chi connectivity index (χ2v) is 4.42. The van der Waals surface area contributed by atoms with Crippen molar-refractivity contribution in [1.29, 1.82) is 0 Å². The predicted molar refractivity (Wildman–Crippen MR) is 71.9 cm³/mol. The van der Waals surface area contributed by atoms with Crippen LogP contribution in [0.4, 0.5) is 5.69 Å². The van der Waals surface area contributed by atoms with Crippen molar-refractivity contribution in [1.82, 2.24) is 5.32 Å². The molecule has 2 rings (SSSR count). The summed E-state index contributed by atoms with van der Waals surface area (Å²) in [5, 5.41) is 3.31. The van der Waals surface area contributed by atoms with Crippen LogP contribution < -0.4 is 10.2 Å². The minimum Gasteiger partial charge on any atom is -0.369 e. The van der Waals surface area contributed by atoms with Gasteiger partial charge in [0.05, 0.1) is 0 Å². The van der Waals surface area contributed by atoms with E-state index in [1.54, 1.807) is 0 Å². The van der Waals surface area contributed by atoms with Gasteiger partial charge in [-0.3, -0.25) is 4.79 Å². The molecule has 0 amide bonds. The van der Waals surface area contributed by atoms with E-state index in [1.807, 2.05) is 18.2 Å². The summed E-state index contributed by atoms with van der Waals surface area (Å²) in [6, 6.07) is 5.86. The zero-order chi connectivity index (χ0) is 10.7. The largest absolute Gasteiger partial charge is 0.369 e. The Morgan fingerprint density at radius 2 is 2.00 bits per heavy atom. The monoisotopic (exact) mass is 304 g/mol. The number of aldehydes is 1. The molecule has 1 N–H and O–H groups in total. The van der Waals surface area contributed by atoms with Gasteiger partial charge in [0.1, 0.15) is 0 Å². The van der Waals surface area contributed by atoms with E-state index < -0.39 is 0 Å². The van der Waals surface area contributed by atoms with Crippen LogP contribution in [0.5, 0.6) is 0 Å². The van der Waals surface area contributed by atoms with Crippen LogP contribution in [0.2, 0.25) is 0 Å². The smallest absolute Gasteiger partial charge is 0.151 e. The molecule has 0 bridgehead atoms. The maximum absolute atomic E-state index is 10.7. The Hall–Kier alpha value is -0.580. The molecular formula is C11H14BrClN2O. The number of carbonyl (C=O) groups excluding carboxylic acids is 1. The Morgan fingerprint density at radius 1 is 1.31 bits per heavy atom. The Morgan fingerprint density at radius 3 is 2.56 bits per heavy atom. The van der Waals surface area contributed by atoms with Crippen molar-refractivity contribution in [2.75, 3.05) is 31.1 Å². The summed E-state index contributed by atoms with van der Waals surface area (Å²) < 4.78 is 0.869. The second-order valence-electron chi connectivity index (χ2n) is 3.56. The van der Waals surface area contributed by atoms with Crippen LogP contribution in [0.3, 0.4) is 0 Å². The van der Waals surface area contributed by atoms with Crippen LogP contribution in [0, 0.1) is 0 Å². The van der Waals surface area contributed by atoms with Crippen molar-refractivity contribution in [2.24, 2.45) is 0 Å². The lowest BCUT2D eigenvalue weighted by Gasteiger charge is -2.29. The third-order valence-electron chi connectivity index (χ3n) is 2.59. The van der Waals surface area contributed by atoms with E-state index in [0.717, 1.165) is 36.9 Å². The van der Waals surface area contributed by atoms with Gasteiger partial charge >= 0.3 is 0 Å². The first-order valence-electron chi connectivity index (χ1n) is 5.01. The van der Waals surface area contributed by atoms with Gasteiger partial charge in [-0.15, -0.1) is 12.4 Å². The van der Waals surface area contributed by atoms with Crippen LogP contribution in [-0.4, -0.2) is 32.5 Å². The van der Waals surface area contributed by atoms with Gasteiger partial charge in [-0.05, 0) is 34.1 Å². The molecule has 1 aliphatic heterocycles. The van der Waals surface area contributed by atoms with Crippen LogP contribution in [0.1, 0.15) is 10.4 Å². The molecule has 1 fully saturated rings. The number of benzene rings is 1. The number of anilines is 1. The van der Waals surface area contributed by atoms with Gasteiger partial charge in [0, 0.05) is 41.9 Å². The lowest BCUT2D eigenvalue weighted by Crippen LogP contribution is -2.43. The first-order valence-corrected chi connectivity index (χ1v) is 5.81. The fourth-order valence-electron chi connectivity index (χ4n) is 1.73. The van der Waals surface area contributed by atoms with Crippen molar-refractivity contribution in [3.8, 4) is 0 Å². The molecule has 1 saturated heterocycles. The highest BCUT2D eigenvalue weighted by molar-refractivity contribution is 9.10. The lowest BCUT2D eigenvalue weighted by atomic mass is 10.2. The van der Waals surface area contributed by atoms with Crippen molar-refractivity contribution in [3.63, 3.8) is 0 Å². The molecule has 0 aromatic heterocycles. The van der Waals surface area contributed by atoms with Crippen molar-refractivity contribution in [2.45, 2.75) is 0 Å². The van der Waals surface area contributed by atoms with Crippen LogP contribution in [-0.2, 0) is 0 Å². The predicted octanol–water partition coefficient (Wildman–Crippen LogP) is 2.09. The maximum atomic E-state index is 10.7. The molecule has 0 unspecified atom stereocenters. The number of halogens is 2. The Balaban J connectivity index is 0.00000128. The van der Waals surface area contributed by atoms with E-state index >= 15 is 0 Å². The third-order valence-corrected chi connectivity index (χ3v) is 3.28. The average molecular weight is 306 g/mol. The maximum Gasteiger partial charge on any atom is 0.151 e. The number of nitrogens with one attached hydrogen (secondary N) is 1. The molecule has 0 spiro atoms. The van der Waals surface area contributed by atoms with Crippen molar-refractivity contribution in [3.05, 3.63) is 28.2 Å². The normalized spacial score (nSPS) is 15.4. The number of hydrogen-bond acceptors (Lipinski definition) is 3. The summed E-state index contributed by atoms with van der Waals surface area (Å²) in [6.45, 7) is 4.08. The third kappa shape index (κ3) is 2.97. The number of nitrogens with zero attached hydrogens (tertiary/aromatic N) is 1. The minimum atomic E-state index is 0. The molecule has 88 valence electrons. The topological polar surface area (TPSA) is 32.3 Å². The molecule has 0 saturated carbocycles. The number of hydrogen-bond donors (Lipinski definition) is 1. The van der Waals surface area contributed by atoms with Gasteiger partial charge < -0.3 is 10.2 Å². The Labute approximate surface area is 110 Å². The van der Waals surface area contributed by atoms with Gasteiger partial charge in [-0.1, -0.05) is 0 Å². The first kappa shape index (κ1) is 13.5. The molecule has 1 aromatic carbocycles. The van der Waals surface area contributed by atoms with Gasteiger partial charge in [-0.25, -0.2) is 0 Å². The summed E-state index contributed by atoms with van der Waals surface area (Å²) >= 11 is 3.40. The summed E-state index contributed by atoms with van der Waals surface area (Å²) in [6.07, 6.45) is 0.867. The first-order chi connectivity index (χ1) is 7.31. The number of piperazine rings is 1. The van der Waals surface area contributed by atoms with E-state index in [2.05, 4.69) is 26.1 Å². The summed E-state index contributed by atoms with van der Waals surface area (Å²) in [7, 11) is 0. The quantitative estimate of drug-likeness (QED) is 0.849. The van der Waals surface area contributed by atoms with E-state index in [-0.39, 0.29) is 12.4 Å². The van der Waals surface area contributed by atoms with Gasteiger partial charge in [0.15, 0.2) is 6.29 Å². The number of carbonyl (C=O) groups is 1. The molecule has 3 nitrogen and oxygen atoms in total. The van der Waals surface area contributed by atoms with E-state index in [4.69, 9.17) is 0 Å². The molecule has 5 heteroatoms. The highest BCUT2D eigenvalue weighted by Crippen LogP contribution is 2.23. The van der Waals surface area contributed by atoms with Crippen LogP contribution in [0.25, 0.3) is 0 Å². The fourth-order valence-corrected chi connectivity index (χ4v) is 2.19. The molecule has 1 aromatic rings. The standard InChI is InChI=1S/C11H13BrN2O.ClH/c12-11-7-10(2-1-9(11)8-15)14-5-3-13-4-6-14;/h1-2,7-8,13H,3-6H2;1H. The van der Waals surface area contributed by atoms with Crippen LogP contribution >= 0.6 is 28.3 Å². The SMILES string of the molecule is Cl.O=Cc1ccc(N2CCNCC2)cc1Br. The molecule has 1 aliphatic rings. The molecule has 0 aliphatic carbocycles. The second kappa shape index (κ2) is 6.23. The molecule has 0 radical (unpaired) electrons. The summed E-state index contributed by atoms with van der Waals surface area (Å²) in [5.41, 5.74) is 1.88. The minimum absolute atomic E-state index is 0. The Bertz CT molecular complexity index is 367. The van der Waals surface area contributed by atoms with Gasteiger partial charge in [0.25, 0.3) is 0 Å². The molecule has 16 heavy (non-hydrogen) atoms. The highest BCUT2D eigenvalue weighted by atomic mass is 79.9. The Kier molecular flexibility index (Phi) is 5.25. The van der Waals surface area contributed by atoms with Crippen molar-refractivity contribution >= 4 is 40.3 Å². The zero-order valence-electron chi connectivity index (χ0n) is 8.78. The average Bonchev–Trinajstić information content (AvgIpc) is 2.30. The van der Waals surface area contributed by atoms with E-state index in [1.165, 1.54) is 5.69 Å². The van der Waals surface area contributed by atoms with Gasteiger partial charge in [0.2, 0.25) is 0 Å². The molecular weight excluding hydrogens is 291 g/mol. The summed E-state index contributed by atoms with van der Waals surface area (Å²) in [5.74, 6) is 0. The van der Waals surface area contributed by atoms with Gasteiger partial charge in [-0.2, -0.15) is 0 Å². The fraction of sp³-hybridized carbons (Fsp3) is 0.364. The summed E-state index contributed by atoms with van der Waals surface area (Å²) in [4.78, 5) is 13.0. The van der Waals surface area contributed by atoms with Crippen LogP contribution in [0.15, 0.2) is 22.7 Å². The van der Waals surface area contributed by atoms with Crippen molar-refractivity contribution < 1.29 is 4.79 Å². The van der Waals surface area contributed by atoms with E-state index in [9.17, 15) is 4.79 Å². The molecule has 1 heterocycles. The number of rotatable bonds is 2. The lowest BCUT2D eigenvalue weighted by molar-refractivity contribution is 0.112. The van der Waals surface area contributed by atoms with E-state index in [0.29, 0.717) is 5.56 Å². The molecule has 0 atom stereocenters. The zero-order valence-corrected chi connectivity index (χ0v) is 11.2. The highest BCUT2D eigenvalue weighted by Gasteiger charge is 2.11.